The van der Waals surface area contributed by atoms with Gasteiger partial charge in [0.2, 0.25) is 10.0 Å². The summed E-state index contributed by atoms with van der Waals surface area (Å²) in [4.78, 5) is 0.0680. The zero-order chi connectivity index (χ0) is 15.5. The minimum Gasteiger partial charge on any atom is -0.211 e. The molecule has 0 spiro atoms. The Bertz CT molecular complexity index is 750. The molecular formula is C14H12BrCl2NO2S. The molecule has 2 rings (SSSR count). The molecule has 0 bridgehead atoms. The summed E-state index contributed by atoms with van der Waals surface area (Å²) < 4.78 is 27.6. The molecule has 112 valence electrons. The third kappa shape index (κ3) is 4.69. The molecule has 0 saturated carbocycles. The Hall–Kier alpha value is -0.590. The second kappa shape index (κ2) is 7.11. The fourth-order valence-corrected chi connectivity index (χ4v) is 4.07. The predicted molar refractivity (Wildman–Crippen MR) is 89.5 cm³/mol. The molecular weight excluding hydrogens is 397 g/mol. The topological polar surface area (TPSA) is 46.2 Å². The SMILES string of the molecule is O=S(=O)(NCCc1cccc(Cl)c1)c1ccc(Br)cc1Cl. The fourth-order valence-electron chi connectivity index (χ4n) is 1.79. The van der Waals surface area contributed by atoms with Crippen LogP contribution >= 0.6 is 39.1 Å². The molecule has 0 saturated heterocycles. The zero-order valence-electron chi connectivity index (χ0n) is 10.8. The largest absolute Gasteiger partial charge is 0.242 e. The maximum atomic E-state index is 12.2. The summed E-state index contributed by atoms with van der Waals surface area (Å²) in [6, 6.07) is 12.0. The maximum Gasteiger partial charge on any atom is 0.242 e. The normalized spacial score (nSPS) is 11.6. The standard InChI is InChI=1S/C14H12BrCl2NO2S/c15-11-4-5-14(13(17)9-11)21(19,20)18-7-6-10-2-1-3-12(16)8-10/h1-5,8-9,18H,6-7H2. The smallest absolute Gasteiger partial charge is 0.211 e. The number of sulfonamides is 1. The Kier molecular flexibility index (Phi) is 5.68. The molecule has 0 aromatic heterocycles. The van der Waals surface area contributed by atoms with Crippen molar-refractivity contribution in [2.45, 2.75) is 11.3 Å². The Labute approximate surface area is 142 Å². The van der Waals surface area contributed by atoms with E-state index in [0.717, 1.165) is 10.0 Å². The first-order chi connectivity index (χ1) is 9.88. The van der Waals surface area contributed by atoms with Gasteiger partial charge in [0.15, 0.2) is 0 Å². The van der Waals surface area contributed by atoms with Crippen molar-refractivity contribution in [2.24, 2.45) is 0 Å². The van der Waals surface area contributed by atoms with E-state index >= 15 is 0 Å². The first kappa shape index (κ1) is 16.8. The average Bonchev–Trinajstić information content (AvgIpc) is 2.38. The molecule has 0 aliphatic carbocycles. The average molecular weight is 409 g/mol. The first-order valence-corrected chi connectivity index (χ1v) is 9.11. The summed E-state index contributed by atoms with van der Waals surface area (Å²) >= 11 is 15.1. The van der Waals surface area contributed by atoms with Gasteiger partial charge in [-0.15, -0.1) is 0 Å². The zero-order valence-corrected chi connectivity index (χ0v) is 14.7. The molecule has 0 fully saturated rings. The van der Waals surface area contributed by atoms with Crippen molar-refractivity contribution >= 4 is 49.2 Å². The highest BCUT2D eigenvalue weighted by Crippen LogP contribution is 2.25. The van der Waals surface area contributed by atoms with Crippen LogP contribution in [0.25, 0.3) is 0 Å². The van der Waals surface area contributed by atoms with E-state index in [2.05, 4.69) is 20.7 Å². The number of benzene rings is 2. The summed E-state index contributed by atoms with van der Waals surface area (Å²) in [7, 11) is -3.62. The Morgan fingerprint density at radius 2 is 1.86 bits per heavy atom. The van der Waals surface area contributed by atoms with Gasteiger partial charge in [0, 0.05) is 16.0 Å². The Morgan fingerprint density at radius 1 is 1.10 bits per heavy atom. The van der Waals surface area contributed by atoms with Crippen molar-refractivity contribution in [1.29, 1.82) is 0 Å². The summed E-state index contributed by atoms with van der Waals surface area (Å²) in [6.07, 6.45) is 0.550. The highest BCUT2D eigenvalue weighted by molar-refractivity contribution is 9.10. The third-order valence-electron chi connectivity index (χ3n) is 2.78. The molecule has 0 amide bonds. The van der Waals surface area contributed by atoms with Gasteiger partial charge < -0.3 is 0 Å². The van der Waals surface area contributed by atoms with Crippen LogP contribution in [0.15, 0.2) is 51.8 Å². The molecule has 1 N–H and O–H groups in total. The molecule has 0 aliphatic heterocycles. The van der Waals surface area contributed by atoms with Crippen molar-refractivity contribution in [1.82, 2.24) is 4.72 Å². The molecule has 0 radical (unpaired) electrons. The van der Waals surface area contributed by atoms with Crippen LogP contribution in [0.3, 0.4) is 0 Å². The van der Waals surface area contributed by atoms with Gasteiger partial charge in [0.25, 0.3) is 0 Å². The summed E-state index contributed by atoms with van der Waals surface area (Å²) in [6.45, 7) is 0.273. The highest BCUT2D eigenvalue weighted by Gasteiger charge is 2.17. The van der Waals surface area contributed by atoms with Gasteiger partial charge in [0.1, 0.15) is 4.90 Å². The Balaban J connectivity index is 2.05. The molecule has 3 nitrogen and oxygen atoms in total. The van der Waals surface area contributed by atoms with E-state index in [1.165, 1.54) is 6.07 Å². The minimum atomic E-state index is -3.62. The van der Waals surface area contributed by atoms with E-state index in [0.29, 0.717) is 11.4 Å². The van der Waals surface area contributed by atoms with Crippen LogP contribution in [-0.4, -0.2) is 15.0 Å². The van der Waals surface area contributed by atoms with Crippen LogP contribution in [0.4, 0.5) is 0 Å². The molecule has 0 unspecified atom stereocenters. The Morgan fingerprint density at radius 3 is 2.52 bits per heavy atom. The molecule has 7 heteroatoms. The van der Waals surface area contributed by atoms with E-state index in [4.69, 9.17) is 23.2 Å². The van der Waals surface area contributed by atoms with Crippen molar-refractivity contribution in [2.75, 3.05) is 6.54 Å². The number of hydrogen-bond acceptors (Lipinski definition) is 2. The molecule has 2 aromatic rings. The molecule has 0 atom stereocenters. The van der Waals surface area contributed by atoms with Gasteiger partial charge in [-0.3, -0.25) is 0 Å². The van der Waals surface area contributed by atoms with E-state index in [9.17, 15) is 8.42 Å². The van der Waals surface area contributed by atoms with Crippen molar-refractivity contribution in [3.63, 3.8) is 0 Å². The van der Waals surface area contributed by atoms with E-state index in [-0.39, 0.29) is 16.5 Å². The molecule has 0 aliphatic rings. The van der Waals surface area contributed by atoms with Crippen molar-refractivity contribution in [3.05, 3.63) is 62.5 Å². The predicted octanol–water partition coefficient (Wildman–Crippen LogP) is 4.28. The number of nitrogens with one attached hydrogen (secondary N) is 1. The fraction of sp³-hybridized carbons (Fsp3) is 0.143. The van der Waals surface area contributed by atoms with E-state index in [1.807, 2.05) is 18.2 Å². The number of hydrogen-bond donors (Lipinski definition) is 1. The van der Waals surface area contributed by atoms with Gasteiger partial charge in [-0.2, -0.15) is 0 Å². The van der Waals surface area contributed by atoms with Gasteiger partial charge in [-0.05, 0) is 42.3 Å². The van der Waals surface area contributed by atoms with Gasteiger partial charge in [-0.1, -0.05) is 51.3 Å². The van der Waals surface area contributed by atoms with Crippen LogP contribution in [-0.2, 0) is 16.4 Å². The second-order valence-corrected chi connectivity index (χ2v) is 7.85. The van der Waals surface area contributed by atoms with Gasteiger partial charge in [-0.25, -0.2) is 13.1 Å². The summed E-state index contributed by atoms with van der Waals surface area (Å²) in [5.41, 5.74) is 0.965. The highest BCUT2D eigenvalue weighted by atomic mass is 79.9. The first-order valence-electron chi connectivity index (χ1n) is 6.08. The minimum absolute atomic E-state index is 0.0680. The lowest BCUT2D eigenvalue weighted by atomic mass is 10.2. The lowest BCUT2D eigenvalue weighted by Crippen LogP contribution is -2.26. The van der Waals surface area contributed by atoms with Gasteiger partial charge >= 0.3 is 0 Å². The van der Waals surface area contributed by atoms with Crippen molar-refractivity contribution < 1.29 is 8.42 Å². The van der Waals surface area contributed by atoms with Crippen LogP contribution in [0.2, 0.25) is 10.0 Å². The lowest BCUT2D eigenvalue weighted by molar-refractivity contribution is 0.581. The van der Waals surface area contributed by atoms with Crippen LogP contribution in [0.5, 0.6) is 0 Å². The van der Waals surface area contributed by atoms with E-state index < -0.39 is 10.0 Å². The summed E-state index contributed by atoms with van der Waals surface area (Å²) in [5.74, 6) is 0. The van der Waals surface area contributed by atoms with Crippen molar-refractivity contribution in [3.8, 4) is 0 Å². The lowest BCUT2D eigenvalue weighted by Gasteiger charge is -2.09. The maximum absolute atomic E-state index is 12.2. The van der Waals surface area contributed by atoms with Crippen LogP contribution in [0, 0.1) is 0 Å². The third-order valence-corrected chi connectivity index (χ3v) is 5.45. The second-order valence-electron chi connectivity index (χ2n) is 4.35. The number of halogens is 3. The van der Waals surface area contributed by atoms with Gasteiger partial charge in [0.05, 0.1) is 5.02 Å². The van der Waals surface area contributed by atoms with E-state index in [1.54, 1.807) is 18.2 Å². The number of rotatable bonds is 5. The molecule has 0 heterocycles. The van der Waals surface area contributed by atoms with Crippen LogP contribution < -0.4 is 4.72 Å². The quantitative estimate of drug-likeness (QED) is 0.802. The molecule has 2 aromatic carbocycles. The molecule has 21 heavy (non-hydrogen) atoms. The van der Waals surface area contributed by atoms with Crippen LogP contribution in [0.1, 0.15) is 5.56 Å². The summed E-state index contributed by atoms with van der Waals surface area (Å²) in [5, 5.41) is 0.811. The monoisotopic (exact) mass is 407 g/mol.